The summed E-state index contributed by atoms with van der Waals surface area (Å²) in [6.45, 7) is 6.22. The molecule has 2 saturated carbocycles. The number of aryl methyl sites for hydroxylation is 1. The largest absolute Gasteiger partial charge is 0.350 e. The second kappa shape index (κ2) is 14.2. The lowest BCUT2D eigenvalue weighted by molar-refractivity contribution is -0.138. The van der Waals surface area contributed by atoms with E-state index in [9.17, 15) is 28.8 Å². The molecule has 3 unspecified atom stereocenters. The fourth-order valence-corrected chi connectivity index (χ4v) is 7.12. The predicted octanol–water partition coefficient (Wildman–Crippen LogP) is 2.06. The van der Waals surface area contributed by atoms with E-state index in [1.807, 2.05) is 0 Å². The van der Waals surface area contributed by atoms with E-state index in [1.54, 1.807) is 24.6 Å². The lowest BCUT2D eigenvalue weighted by Crippen LogP contribution is -2.52. The van der Waals surface area contributed by atoms with Crippen LogP contribution >= 0.6 is 0 Å². The topological polar surface area (TPSA) is 173 Å². The number of hydrogen-bond acceptors (Lipinski definition) is 7. The van der Waals surface area contributed by atoms with Gasteiger partial charge in [-0.15, -0.1) is 0 Å². The SMILES string of the molecule is CCCC1CC2(C)CCC(NC(=O)Cn3cccc(NC(=O)[C@H](CCC(=O)C(=O)NCC)NC(=O)c4cn(C)cn4)c3=O)(C1)C2. The first-order valence-corrected chi connectivity index (χ1v) is 15.8. The van der Waals surface area contributed by atoms with Gasteiger partial charge < -0.3 is 30.4 Å². The monoisotopic (exact) mass is 623 g/mol. The van der Waals surface area contributed by atoms with Crippen molar-refractivity contribution >= 4 is 35.1 Å². The minimum absolute atomic E-state index is 0.0551. The van der Waals surface area contributed by atoms with Crippen LogP contribution in [0.4, 0.5) is 5.69 Å². The van der Waals surface area contributed by atoms with Crippen molar-refractivity contribution in [2.75, 3.05) is 11.9 Å². The highest BCUT2D eigenvalue weighted by Gasteiger charge is 2.51. The van der Waals surface area contributed by atoms with Crippen molar-refractivity contribution in [3.05, 3.63) is 46.9 Å². The first kappa shape index (κ1) is 33.6. The van der Waals surface area contributed by atoms with Gasteiger partial charge in [-0.3, -0.25) is 28.8 Å². The molecule has 0 spiro atoms. The zero-order valence-electron chi connectivity index (χ0n) is 26.6. The Labute approximate surface area is 262 Å². The summed E-state index contributed by atoms with van der Waals surface area (Å²) < 4.78 is 2.80. The van der Waals surface area contributed by atoms with Crippen LogP contribution in [-0.2, 0) is 32.8 Å². The molecule has 2 bridgehead atoms. The molecule has 0 aromatic carbocycles. The minimum atomic E-state index is -1.26. The maximum absolute atomic E-state index is 13.4. The van der Waals surface area contributed by atoms with Crippen LogP contribution in [0.25, 0.3) is 0 Å². The van der Waals surface area contributed by atoms with Crippen LogP contribution in [0.2, 0.25) is 0 Å². The summed E-state index contributed by atoms with van der Waals surface area (Å²) in [7, 11) is 1.68. The second-order valence-electron chi connectivity index (χ2n) is 13.0. The van der Waals surface area contributed by atoms with Gasteiger partial charge in [-0.05, 0) is 68.9 Å². The fraction of sp³-hybridized carbons (Fsp3) is 0.594. The number of amides is 4. The Bertz CT molecular complexity index is 1500. The number of hydrogen-bond donors (Lipinski definition) is 4. The summed E-state index contributed by atoms with van der Waals surface area (Å²) in [6.07, 6.45) is 11.2. The molecule has 0 saturated heterocycles. The highest BCUT2D eigenvalue weighted by molar-refractivity contribution is 6.36. The number of imidazole rings is 1. The summed E-state index contributed by atoms with van der Waals surface area (Å²) in [4.78, 5) is 80.9. The van der Waals surface area contributed by atoms with E-state index in [2.05, 4.69) is 40.1 Å². The summed E-state index contributed by atoms with van der Waals surface area (Å²) in [5.41, 5.74) is -0.659. The van der Waals surface area contributed by atoms with Gasteiger partial charge in [-0.2, -0.15) is 0 Å². The molecule has 244 valence electrons. The van der Waals surface area contributed by atoms with E-state index in [1.165, 1.54) is 35.8 Å². The molecule has 0 radical (unpaired) electrons. The predicted molar refractivity (Wildman–Crippen MR) is 167 cm³/mol. The van der Waals surface area contributed by atoms with E-state index in [4.69, 9.17) is 0 Å². The average Bonchev–Trinajstić information content (AvgIpc) is 3.52. The third-order valence-corrected chi connectivity index (χ3v) is 8.94. The van der Waals surface area contributed by atoms with Crippen molar-refractivity contribution in [3.8, 4) is 0 Å². The maximum atomic E-state index is 13.4. The molecule has 4 N–H and O–H groups in total. The number of carbonyl (C=O) groups is 5. The molecule has 4 rings (SSSR count). The van der Waals surface area contributed by atoms with E-state index in [0.717, 1.165) is 38.5 Å². The van der Waals surface area contributed by atoms with Gasteiger partial charge in [-0.25, -0.2) is 4.98 Å². The minimum Gasteiger partial charge on any atom is -0.350 e. The standard InChI is InChI=1S/C32H45N7O6/c1-5-8-21-15-31(3)12-13-32(16-21,19-31)37-26(41)18-39-14-7-9-23(30(39)45)36-27(42)22(10-11-25(40)29(44)33-6-2)35-28(43)24-17-38(4)20-34-24/h7,9,14,17,20-22H,5-6,8,10-13,15-16,18-19H2,1-4H3,(H,33,44)(H,35,43)(H,36,42)(H,37,41)/t21?,22-,31?,32?/m0/s1. The van der Waals surface area contributed by atoms with Crippen LogP contribution in [0.5, 0.6) is 0 Å². The number of Topliss-reactive ketones (excluding diaryl/α,β-unsaturated/α-hetero) is 1. The molecule has 2 aromatic heterocycles. The number of nitrogens with one attached hydrogen (secondary N) is 4. The number of likely N-dealkylation sites (N-methyl/N-ethyl adjacent to an activating group) is 1. The number of carbonyl (C=O) groups excluding carboxylic acids is 5. The van der Waals surface area contributed by atoms with Crippen molar-refractivity contribution in [1.82, 2.24) is 30.1 Å². The molecule has 13 heteroatoms. The first-order chi connectivity index (χ1) is 21.4. The highest BCUT2D eigenvalue weighted by Crippen LogP contribution is 2.56. The van der Waals surface area contributed by atoms with E-state index >= 15 is 0 Å². The second-order valence-corrected chi connectivity index (χ2v) is 13.0. The van der Waals surface area contributed by atoms with Gasteiger partial charge in [0.05, 0.1) is 6.33 Å². The molecular formula is C32H45N7O6. The van der Waals surface area contributed by atoms with Crippen LogP contribution in [0, 0.1) is 11.3 Å². The van der Waals surface area contributed by atoms with Gasteiger partial charge in [0.15, 0.2) is 0 Å². The van der Waals surface area contributed by atoms with Crippen LogP contribution in [0.1, 0.15) is 89.0 Å². The molecule has 2 heterocycles. The molecule has 2 aliphatic carbocycles. The highest BCUT2D eigenvalue weighted by atomic mass is 16.2. The molecule has 13 nitrogen and oxygen atoms in total. The number of anilines is 1. The van der Waals surface area contributed by atoms with Crippen molar-refractivity contribution in [3.63, 3.8) is 0 Å². The van der Waals surface area contributed by atoms with E-state index < -0.39 is 35.1 Å². The lowest BCUT2D eigenvalue weighted by Gasteiger charge is -2.42. The zero-order valence-corrected chi connectivity index (χ0v) is 26.6. The Kier molecular flexibility index (Phi) is 10.6. The fourth-order valence-electron chi connectivity index (χ4n) is 7.12. The number of rotatable bonds is 14. The van der Waals surface area contributed by atoms with Crippen molar-refractivity contribution in [2.24, 2.45) is 18.4 Å². The van der Waals surface area contributed by atoms with Gasteiger partial charge in [0.1, 0.15) is 24.0 Å². The number of ketones is 1. The Morgan fingerprint density at radius 1 is 1.13 bits per heavy atom. The number of nitrogens with zero attached hydrogens (tertiary/aromatic N) is 3. The molecule has 4 atom stereocenters. The smallest absolute Gasteiger partial charge is 0.287 e. The van der Waals surface area contributed by atoms with Crippen LogP contribution in [0.3, 0.4) is 0 Å². The number of fused-ring (bicyclic) bond motifs is 2. The third kappa shape index (κ3) is 8.46. The first-order valence-electron chi connectivity index (χ1n) is 15.8. The van der Waals surface area contributed by atoms with Gasteiger partial charge in [0.25, 0.3) is 17.4 Å². The Balaban J connectivity index is 1.45. The zero-order chi connectivity index (χ0) is 32.8. The lowest BCUT2D eigenvalue weighted by atomic mass is 9.68. The van der Waals surface area contributed by atoms with Gasteiger partial charge in [0, 0.05) is 37.9 Å². The van der Waals surface area contributed by atoms with Gasteiger partial charge in [0.2, 0.25) is 17.6 Å². The number of pyridine rings is 1. The quantitative estimate of drug-likeness (QED) is 0.233. The van der Waals surface area contributed by atoms with Crippen molar-refractivity contribution < 1.29 is 24.0 Å². The average molecular weight is 624 g/mol. The van der Waals surface area contributed by atoms with E-state index in [0.29, 0.717) is 5.92 Å². The Morgan fingerprint density at radius 3 is 2.60 bits per heavy atom. The third-order valence-electron chi connectivity index (χ3n) is 8.94. The summed E-state index contributed by atoms with van der Waals surface area (Å²) in [5, 5.41) is 10.8. The summed E-state index contributed by atoms with van der Waals surface area (Å²) in [6, 6.07) is 1.70. The summed E-state index contributed by atoms with van der Waals surface area (Å²) >= 11 is 0. The van der Waals surface area contributed by atoms with Gasteiger partial charge >= 0.3 is 0 Å². The molecular weight excluding hydrogens is 578 g/mol. The maximum Gasteiger partial charge on any atom is 0.287 e. The van der Waals surface area contributed by atoms with E-state index in [-0.39, 0.29) is 54.2 Å². The van der Waals surface area contributed by atoms with Crippen LogP contribution in [-0.4, -0.2) is 61.7 Å². The molecule has 4 amide bonds. The van der Waals surface area contributed by atoms with Crippen molar-refractivity contribution in [2.45, 2.75) is 96.7 Å². The van der Waals surface area contributed by atoms with Crippen molar-refractivity contribution in [1.29, 1.82) is 0 Å². The molecule has 2 aliphatic rings. The molecule has 2 fully saturated rings. The number of aromatic nitrogens is 3. The van der Waals surface area contributed by atoms with Crippen LogP contribution < -0.4 is 26.8 Å². The van der Waals surface area contributed by atoms with Crippen LogP contribution in [0.15, 0.2) is 35.6 Å². The normalized spacial score (nSPS) is 22.7. The molecule has 45 heavy (non-hydrogen) atoms. The summed E-state index contributed by atoms with van der Waals surface area (Å²) in [5.74, 6) is -2.62. The Hall–Kier alpha value is -4.29. The van der Waals surface area contributed by atoms with Gasteiger partial charge in [-0.1, -0.05) is 26.7 Å². The molecule has 0 aliphatic heterocycles. The molecule has 2 aromatic rings. The Morgan fingerprint density at radius 2 is 1.91 bits per heavy atom.